The SMILES string of the molecule is CN(C)CCOc1ccc(Br)c2cccnc12. The summed E-state index contributed by atoms with van der Waals surface area (Å²) in [5.74, 6) is 0.839. The van der Waals surface area contributed by atoms with Crippen molar-refractivity contribution in [3.8, 4) is 5.75 Å². The van der Waals surface area contributed by atoms with E-state index in [2.05, 4.69) is 25.8 Å². The second-order valence-corrected chi connectivity index (χ2v) is 4.95. The maximum Gasteiger partial charge on any atom is 0.145 e. The minimum atomic E-state index is 0.667. The van der Waals surface area contributed by atoms with Gasteiger partial charge in [-0.05, 0) is 32.3 Å². The van der Waals surface area contributed by atoms with E-state index in [-0.39, 0.29) is 0 Å². The molecule has 2 rings (SSSR count). The molecule has 17 heavy (non-hydrogen) atoms. The summed E-state index contributed by atoms with van der Waals surface area (Å²) in [7, 11) is 4.06. The van der Waals surface area contributed by atoms with Gasteiger partial charge in [-0.2, -0.15) is 0 Å². The standard InChI is InChI=1S/C13H15BrN2O/c1-16(2)8-9-17-12-6-5-11(14)10-4-3-7-15-13(10)12/h3-7H,8-9H2,1-2H3. The molecule has 0 radical (unpaired) electrons. The highest BCUT2D eigenvalue weighted by Crippen LogP contribution is 2.29. The molecule has 0 aliphatic carbocycles. The van der Waals surface area contributed by atoms with E-state index in [4.69, 9.17) is 4.74 Å². The first-order valence-electron chi connectivity index (χ1n) is 5.49. The van der Waals surface area contributed by atoms with Crippen molar-refractivity contribution in [1.82, 2.24) is 9.88 Å². The summed E-state index contributed by atoms with van der Waals surface area (Å²) in [6.07, 6.45) is 1.79. The largest absolute Gasteiger partial charge is 0.490 e. The molecule has 0 spiro atoms. The molecule has 0 saturated carbocycles. The van der Waals surface area contributed by atoms with Crippen molar-refractivity contribution >= 4 is 26.8 Å². The van der Waals surface area contributed by atoms with Crippen molar-refractivity contribution < 1.29 is 4.74 Å². The van der Waals surface area contributed by atoms with Gasteiger partial charge in [0.05, 0.1) is 0 Å². The summed E-state index contributed by atoms with van der Waals surface area (Å²) in [4.78, 5) is 6.46. The number of hydrogen-bond acceptors (Lipinski definition) is 3. The van der Waals surface area contributed by atoms with Crippen molar-refractivity contribution in [3.63, 3.8) is 0 Å². The van der Waals surface area contributed by atoms with Gasteiger partial charge in [0.1, 0.15) is 17.9 Å². The lowest BCUT2D eigenvalue weighted by molar-refractivity contribution is 0.263. The van der Waals surface area contributed by atoms with Crippen LogP contribution in [0.2, 0.25) is 0 Å². The van der Waals surface area contributed by atoms with Crippen LogP contribution in [0.3, 0.4) is 0 Å². The van der Waals surface area contributed by atoms with Crippen LogP contribution in [0.5, 0.6) is 5.75 Å². The van der Waals surface area contributed by atoms with Gasteiger partial charge in [-0.25, -0.2) is 0 Å². The second-order valence-electron chi connectivity index (χ2n) is 4.10. The van der Waals surface area contributed by atoms with Crippen LogP contribution >= 0.6 is 15.9 Å². The molecule has 2 aromatic rings. The van der Waals surface area contributed by atoms with Crippen molar-refractivity contribution in [2.24, 2.45) is 0 Å². The molecule has 3 nitrogen and oxygen atoms in total. The van der Waals surface area contributed by atoms with Gasteiger partial charge in [0.2, 0.25) is 0 Å². The lowest BCUT2D eigenvalue weighted by Gasteiger charge is -2.12. The summed E-state index contributed by atoms with van der Waals surface area (Å²) < 4.78 is 6.80. The van der Waals surface area contributed by atoms with Gasteiger partial charge >= 0.3 is 0 Å². The highest BCUT2D eigenvalue weighted by molar-refractivity contribution is 9.10. The lowest BCUT2D eigenvalue weighted by Crippen LogP contribution is -2.19. The topological polar surface area (TPSA) is 25.4 Å². The third kappa shape index (κ3) is 2.96. The van der Waals surface area contributed by atoms with E-state index in [1.807, 2.05) is 38.4 Å². The van der Waals surface area contributed by atoms with Gasteiger partial charge < -0.3 is 9.64 Å². The van der Waals surface area contributed by atoms with E-state index in [1.54, 1.807) is 6.20 Å². The maximum absolute atomic E-state index is 5.76. The number of hydrogen-bond donors (Lipinski definition) is 0. The van der Waals surface area contributed by atoms with Gasteiger partial charge in [0.25, 0.3) is 0 Å². The van der Waals surface area contributed by atoms with E-state index >= 15 is 0 Å². The molecule has 0 N–H and O–H groups in total. The van der Waals surface area contributed by atoms with Crippen LogP contribution in [0.15, 0.2) is 34.9 Å². The molecule has 0 saturated heterocycles. The zero-order chi connectivity index (χ0) is 12.3. The molecular weight excluding hydrogens is 280 g/mol. The molecule has 1 aromatic heterocycles. The molecule has 4 heteroatoms. The zero-order valence-corrected chi connectivity index (χ0v) is 11.6. The minimum absolute atomic E-state index is 0.667. The Labute approximate surface area is 110 Å². The fourth-order valence-electron chi connectivity index (χ4n) is 1.57. The first-order chi connectivity index (χ1) is 8.18. The molecule has 0 unspecified atom stereocenters. The number of rotatable bonds is 4. The van der Waals surface area contributed by atoms with Crippen molar-refractivity contribution in [2.45, 2.75) is 0 Å². The van der Waals surface area contributed by atoms with Gasteiger partial charge in [0, 0.05) is 22.6 Å². The van der Waals surface area contributed by atoms with Crippen molar-refractivity contribution in [3.05, 3.63) is 34.9 Å². The Morgan fingerprint density at radius 3 is 2.88 bits per heavy atom. The summed E-state index contributed by atoms with van der Waals surface area (Å²) in [6.45, 7) is 1.56. The van der Waals surface area contributed by atoms with E-state index in [0.717, 1.165) is 27.7 Å². The van der Waals surface area contributed by atoms with Crippen molar-refractivity contribution in [1.29, 1.82) is 0 Å². The first-order valence-corrected chi connectivity index (χ1v) is 6.28. The predicted octanol–water partition coefficient (Wildman–Crippen LogP) is 2.94. The Balaban J connectivity index is 2.26. The number of ether oxygens (including phenoxy) is 1. The Bertz CT molecular complexity index is 514. The van der Waals surface area contributed by atoms with Crippen LogP contribution in [-0.4, -0.2) is 37.1 Å². The average molecular weight is 295 g/mol. The van der Waals surface area contributed by atoms with Gasteiger partial charge in [0.15, 0.2) is 0 Å². The van der Waals surface area contributed by atoms with Crippen LogP contribution in [0.1, 0.15) is 0 Å². The van der Waals surface area contributed by atoms with Crippen LogP contribution in [0.25, 0.3) is 10.9 Å². The predicted molar refractivity (Wildman–Crippen MR) is 73.5 cm³/mol. The number of fused-ring (bicyclic) bond motifs is 1. The van der Waals surface area contributed by atoms with E-state index in [0.29, 0.717) is 6.61 Å². The van der Waals surface area contributed by atoms with E-state index < -0.39 is 0 Å². The number of pyridine rings is 1. The van der Waals surface area contributed by atoms with E-state index in [9.17, 15) is 0 Å². The summed E-state index contributed by atoms with van der Waals surface area (Å²) in [5.41, 5.74) is 0.903. The molecule has 0 atom stereocenters. The normalized spacial score (nSPS) is 11.1. The fourth-order valence-corrected chi connectivity index (χ4v) is 2.02. The molecule has 1 aromatic carbocycles. The van der Waals surface area contributed by atoms with Crippen LogP contribution in [0.4, 0.5) is 0 Å². The summed E-state index contributed by atoms with van der Waals surface area (Å²) in [5, 5.41) is 1.08. The molecule has 0 bridgehead atoms. The maximum atomic E-state index is 5.76. The monoisotopic (exact) mass is 294 g/mol. The molecule has 90 valence electrons. The Kier molecular flexibility index (Phi) is 3.97. The quantitative estimate of drug-likeness (QED) is 0.867. The van der Waals surface area contributed by atoms with Crippen LogP contribution < -0.4 is 4.74 Å². The van der Waals surface area contributed by atoms with Crippen LogP contribution in [-0.2, 0) is 0 Å². The molecule has 0 fully saturated rings. The highest BCUT2D eigenvalue weighted by Gasteiger charge is 2.06. The number of benzene rings is 1. The van der Waals surface area contributed by atoms with Crippen LogP contribution in [0, 0.1) is 0 Å². The summed E-state index contributed by atoms with van der Waals surface area (Å²) in [6, 6.07) is 7.91. The average Bonchev–Trinajstić information content (AvgIpc) is 2.32. The first kappa shape index (κ1) is 12.3. The van der Waals surface area contributed by atoms with Gasteiger partial charge in [-0.15, -0.1) is 0 Å². The number of likely N-dealkylation sites (N-methyl/N-ethyl adjacent to an activating group) is 1. The minimum Gasteiger partial charge on any atom is -0.490 e. The zero-order valence-electron chi connectivity index (χ0n) is 9.98. The molecular formula is C13H15BrN2O. The molecule has 0 aliphatic rings. The Morgan fingerprint density at radius 1 is 1.29 bits per heavy atom. The molecule has 0 amide bonds. The van der Waals surface area contributed by atoms with E-state index in [1.165, 1.54) is 0 Å². The summed E-state index contributed by atoms with van der Waals surface area (Å²) >= 11 is 3.52. The smallest absolute Gasteiger partial charge is 0.145 e. The highest BCUT2D eigenvalue weighted by atomic mass is 79.9. The van der Waals surface area contributed by atoms with Gasteiger partial charge in [-0.1, -0.05) is 22.0 Å². The fraction of sp³-hybridized carbons (Fsp3) is 0.308. The van der Waals surface area contributed by atoms with Crippen molar-refractivity contribution in [2.75, 3.05) is 27.2 Å². The lowest BCUT2D eigenvalue weighted by atomic mass is 10.2. The molecule has 1 heterocycles. The second kappa shape index (κ2) is 5.47. The molecule has 0 aliphatic heterocycles. The Morgan fingerprint density at radius 2 is 2.12 bits per heavy atom. The third-order valence-corrected chi connectivity index (χ3v) is 3.17. The Hall–Kier alpha value is -1.13. The number of nitrogens with zero attached hydrogens (tertiary/aromatic N) is 2. The third-order valence-electron chi connectivity index (χ3n) is 2.48. The van der Waals surface area contributed by atoms with Gasteiger partial charge in [-0.3, -0.25) is 4.98 Å². The number of aromatic nitrogens is 1. The number of halogens is 1.